The maximum atomic E-state index is 13.5. The number of hydrogen-bond donors (Lipinski definition) is 1. The van der Waals surface area contributed by atoms with Gasteiger partial charge in [0.15, 0.2) is 17.3 Å². The first-order chi connectivity index (χ1) is 7.60. The zero-order chi connectivity index (χ0) is 12.1. The van der Waals surface area contributed by atoms with Gasteiger partial charge >= 0.3 is 0 Å². The molecule has 0 saturated carbocycles. The molecule has 1 unspecified atom stereocenters. The van der Waals surface area contributed by atoms with Gasteiger partial charge < -0.3 is 10.1 Å². The van der Waals surface area contributed by atoms with E-state index in [1.165, 1.54) is 12.1 Å². The van der Waals surface area contributed by atoms with E-state index in [-0.39, 0.29) is 17.6 Å². The van der Waals surface area contributed by atoms with Crippen molar-refractivity contribution < 1.29 is 13.9 Å². The maximum Gasteiger partial charge on any atom is 0.179 e. The van der Waals surface area contributed by atoms with Crippen LogP contribution in [0.5, 0.6) is 5.75 Å². The molecule has 4 heteroatoms. The Labute approximate surface area is 94.6 Å². The van der Waals surface area contributed by atoms with Crippen LogP contribution in [0.15, 0.2) is 18.2 Å². The third kappa shape index (κ3) is 2.79. The second-order valence-corrected chi connectivity index (χ2v) is 3.45. The molecule has 0 heterocycles. The number of ether oxygens (including phenoxy) is 1. The van der Waals surface area contributed by atoms with Crippen LogP contribution >= 0.6 is 0 Å². The Bertz CT molecular complexity index is 379. The molecule has 1 aromatic carbocycles. The van der Waals surface area contributed by atoms with Crippen LogP contribution in [-0.2, 0) is 0 Å². The van der Waals surface area contributed by atoms with Gasteiger partial charge in [-0.3, -0.25) is 4.79 Å². The van der Waals surface area contributed by atoms with Crippen molar-refractivity contribution in [2.45, 2.75) is 19.9 Å². The first-order valence-corrected chi connectivity index (χ1v) is 5.24. The summed E-state index contributed by atoms with van der Waals surface area (Å²) in [6.07, 6.45) is 0. The van der Waals surface area contributed by atoms with Crippen molar-refractivity contribution in [1.82, 2.24) is 5.32 Å². The topological polar surface area (TPSA) is 38.3 Å². The van der Waals surface area contributed by atoms with Crippen LogP contribution in [-0.4, -0.2) is 25.5 Å². The summed E-state index contributed by atoms with van der Waals surface area (Å²) in [7, 11) is 1.69. The summed E-state index contributed by atoms with van der Waals surface area (Å²) in [5, 5.41) is 2.82. The van der Waals surface area contributed by atoms with Gasteiger partial charge in [0.05, 0.1) is 12.6 Å². The third-order valence-corrected chi connectivity index (χ3v) is 2.34. The van der Waals surface area contributed by atoms with E-state index in [2.05, 4.69) is 5.32 Å². The standard InChI is InChI=1S/C12H16FNO2/c1-4-16-11-6-5-9(7-10(11)13)12(15)8(2)14-3/h5-8,14H,4H2,1-3H3. The van der Waals surface area contributed by atoms with Crippen molar-refractivity contribution in [3.05, 3.63) is 29.6 Å². The minimum absolute atomic E-state index is 0.135. The zero-order valence-corrected chi connectivity index (χ0v) is 9.71. The van der Waals surface area contributed by atoms with E-state index in [1.807, 2.05) is 0 Å². The van der Waals surface area contributed by atoms with E-state index in [4.69, 9.17) is 4.74 Å². The molecule has 0 bridgehead atoms. The fourth-order valence-electron chi connectivity index (χ4n) is 1.31. The average Bonchev–Trinajstić information content (AvgIpc) is 2.30. The molecule has 1 rings (SSSR count). The molecule has 0 spiro atoms. The number of hydrogen-bond acceptors (Lipinski definition) is 3. The van der Waals surface area contributed by atoms with Crippen molar-refractivity contribution in [3.8, 4) is 5.75 Å². The molecule has 0 radical (unpaired) electrons. The van der Waals surface area contributed by atoms with Gasteiger partial charge in [0, 0.05) is 5.56 Å². The van der Waals surface area contributed by atoms with Gasteiger partial charge in [-0.15, -0.1) is 0 Å². The number of rotatable bonds is 5. The number of likely N-dealkylation sites (N-methyl/N-ethyl adjacent to an activating group) is 1. The van der Waals surface area contributed by atoms with Gasteiger partial charge in [0.2, 0.25) is 0 Å². The summed E-state index contributed by atoms with van der Waals surface area (Å²) in [4.78, 5) is 11.7. The van der Waals surface area contributed by atoms with Crippen LogP contribution in [0.4, 0.5) is 4.39 Å². The Morgan fingerprint density at radius 2 is 2.25 bits per heavy atom. The first kappa shape index (κ1) is 12.6. The highest BCUT2D eigenvalue weighted by Gasteiger charge is 2.15. The van der Waals surface area contributed by atoms with Crippen LogP contribution in [0.25, 0.3) is 0 Å². The van der Waals surface area contributed by atoms with Gasteiger partial charge in [0.25, 0.3) is 0 Å². The quantitative estimate of drug-likeness (QED) is 0.779. The molecule has 1 atom stereocenters. The molecule has 0 aliphatic rings. The molecular weight excluding hydrogens is 209 g/mol. The Morgan fingerprint density at radius 1 is 1.56 bits per heavy atom. The van der Waals surface area contributed by atoms with Crippen molar-refractivity contribution in [1.29, 1.82) is 0 Å². The molecule has 0 aliphatic heterocycles. The van der Waals surface area contributed by atoms with Gasteiger partial charge in [-0.2, -0.15) is 0 Å². The fraction of sp³-hybridized carbons (Fsp3) is 0.417. The average molecular weight is 225 g/mol. The Hall–Kier alpha value is -1.42. The Kier molecular flexibility index (Phi) is 4.43. The van der Waals surface area contributed by atoms with E-state index >= 15 is 0 Å². The Balaban J connectivity index is 2.92. The summed E-state index contributed by atoms with van der Waals surface area (Å²) in [5.74, 6) is -0.461. The number of Topliss-reactive ketones (excluding diaryl/α,β-unsaturated/α-hetero) is 1. The van der Waals surface area contributed by atoms with E-state index in [0.717, 1.165) is 0 Å². The van der Waals surface area contributed by atoms with E-state index in [1.54, 1.807) is 27.0 Å². The van der Waals surface area contributed by atoms with Crippen molar-refractivity contribution in [2.75, 3.05) is 13.7 Å². The van der Waals surface area contributed by atoms with Crippen molar-refractivity contribution >= 4 is 5.78 Å². The van der Waals surface area contributed by atoms with Crippen molar-refractivity contribution in [2.24, 2.45) is 0 Å². The van der Waals surface area contributed by atoms with Crippen LogP contribution in [0.2, 0.25) is 0 Å². The van der Waals surface area contributed by atoms with Crippen LogP contribution in [0.1, 0.15) is 24.2 Å². The smallest absolute Gasteiger partial charge is 0.179 e. The summed E-state index contributed by atoms with van der Waals surface area (Å²) >= 11 is 0. The number of benzene rings is 1. The summed E-state index contributed by atoms with van der Waals surface area (Å²) in [6, 6.07) is 3.94. The molecule has 88 valence electrons. The highest BCUT2D eigenvalue weighted by Crippen LogP contribution is 2.19. The fourth-order valence-corrected chi connectivity index (χ4v) is 1.31. The molecule has 0 fully saturated rings. The minimum atomic E-state index is -0.504. The number of nitrogens with one attached hydrogen (secondary N) is 1. The molecule has 3 nitrogen and oxygen atoms in total. The highest BCUT2D eigenvalue weighted by atomic mass is 19.1. The predicted molar refractivity (Wildman–Crippen MR) is 60.4 cm³/mol. The maximum absolute atomic E-state index is 13.5. The van der Waals surface area contributed by atoms with Gasteiger partial charge in [0.1, 0.15) is 0 Å². The molecule has 16 heavy (non-hydrogen) atoms. The molecule has 1 aromatic rings. The number of halogens is 1. The molecule has 0 amide bonds. The zero-order valence-electron chi connectivity index (χ0n) is 9.71. The summed E-state index contributed by atoms with van der Waals surface area (Å²) < 4.78 is 18.5. The molecule has 0 aromatic heterocycles. The molecule has 0 saturated heterocycles. The minimum Gasteiger partial charge on any atom is -0.491 e. The monoisotopic (exact) mass is 225 g/mol. The van der Waals surface area contributed by atoms with E-state index < -0.39 is 5.82 Å². The lowest BCUT2D eigenvalue weighted by Crippen LogP contribution is -2.30. The second kappa shape index (κ2) is 5.61. The van der Waals surface area contributed by atoms with Gasteiger partial charge in [-0.25, -0.2) is 4.39 Å². The number of carbonyl (C=O) groups excluding carboxylic acids is 1. The van der Waals surface area contributed by atoms with Crippen LogP contribution in [0, 0.1) is 5.82 Å². The number of carbonyl (C=O) groups is 1. The summed E-state index contributed by atoms with van der Waals surface area (Å²) in [6.45, 7) is 3.91. The van der Waals surface area contributed by atoms with Crippen molar-refractivity contribution in [3.63, 3.8) is 0 Å². The van der Waals surface area contributed by atoms with Gasteiger partial charge in [-0.1, -0.05) is 0 Å². The second-order valence-electron chi connectivity index (χ2n) is 3.45. The van der Waals surface area contributed by atoms with Crippen LogP contribution in [0.3, 0.4) is 0 Å². The summed E-state index contributed by atoms with van der Waals surface area (Å²) in [5.41, 5.74) is 0.350. The lowest BCUT2D eigenvalue weighted by molar-refractivity contribution is 0.0954. The molecule has 0 aliphatic carbocycles. The lowest BCUT2D eigenvalue weighted by atomic mass is 10.1. The third-order valence-electron chi connectivity index (χ3n) is 2.34. The number of ketones is 1. The Morgan fingerprint density at radius 3 is 2.75 bits per heavy atom. The normalized spacial score (nSPS) is 12.2. The predicted octanol–water partition coefficient (Wildman–Crippen LogP) is 2.01. The molecular formula is C12H16FNO2. The SMILES string of the molecule is CCOc1ccc(C(=O)C(C)NC)cc1F. The van der Waals surface area contributed by atoms with E-state index in [0.29, 0.717) is 12.2 Å². The van der Waals surface area contributed by atoms with E-state index in [9.17, 15) is 9.18 Å². The van der Waals surface area contributed by atoms with Gasteiger partial charge in [-0.05, 0) is 39.1 Å². The van der Waals surface area contributed by atoms with Crippen LogP contribution < -0.4 is 10.1 Å². The first-order valence-electron chi connectivity index (χ1n) is 5.24. The lowest BCUT2D eigenvalue weighted by Gasteiger charge is -2.10. The largest absolute Gasteiger partial charge is 0.491 e. The molecule has 1 N–H and O–H groups in total. The highest BCUT2D eigenvalue weighted by molar-refractivity contribution is 5.99.